The second-order valence-corrected chi connectivity index (χ2v) is 7.69. The van der Waals surface area contributed by atoms with Crippen LogP contribution in [0.2, 0.25) is 0 Å². The molecule has 0 aliphatic carbocycles. The van der Waals surface area contributed by atoms with E-state index in [9.17, 15) is 14.7 Å². The van der Waals surface area contributed by atoms with Crippen molar-refractivity contribution in [2.45, 2.75) is 25.2 Å². The number of aliphatic hydroxyl groups is 1. The van der Waals surface area contributed by atoms with Gasteiger partial charge in [-0.2, -0.15) is 0 Å². The highest BCUT2D eigenvalue weighted by molar-refractivity contribution is 7.99. The van der Waals surface area contributed by atoms with E-state index >= 15 is 0 Å². The van der Waals surface area contributed by atoms with Crippen LogP contribution in [0.3, 0.4) is 0 Å². The molecule has 0 spiro atoms. The molecule has 3 rings (SSSR count). The molecular formula is C23H25N3O5S. The van der Waals surface area contributed by atoms with Crippen molar-refractivity contribution in [1.82, 2.24) is 9.55 Å². The number of anilines is 1. The van der Waals surface area contributed by atoms with Gasteiger partial charge in [-0.05, 0) is 36.8 Å². The maximum absolute atomic E-state index is 12.6. The number of methoxy groups -OCH3 is 1. The number of amides is 1. The quantitative estimate of drug-likeness (QED) is 0.357. The van der Waals surface area contributed by atoms with Crippen LogP contribution in [0.4, 0.5) is 5.69 Å². The number of para-hydroxylation sites is 1. The first-order chi connectivity index (χ1) is 15.5. The van der Waals surface area contributed by atoms with Gasteiger partial charge in [0.1, 0.15) is 5.75 Å². The van der Waals surface area contributed by atoms with E-state index in [-0.39, 0.29) is 24.9 Å². The highest BCUT2D eigenvalue weighted by Crippen LogP contribution is 2.22. The summed E-state index contributed by atoms with van der Waals surface area (Å²) in [6.45, 7) is 2.32. The van der Waals surface area contributed by atoms with Gasteiger partial charge in [-0.1, -0.05) is 36.0 Å². The number of nitrogens with zero attached hydrogens (tertiary/aromatic N) is 2. The lowest BCUT2D eigenvalue weighted by Crippen LogP contribution is -2.17. The number of aliphatic hydroxyl groups excluding tert-OH is 1. The summed E-state index contributed by atoms with van der Waals surface area (Å²) in [6.07, 6.45) is 1.76. The molecule has 2 aromatic carbocycles. The number of carbonyl (C=O) groups is 2. The molecule has 9 heteroatoms. The molecule has 0 saturated carbocycles. The van der Waals surface area contributed by atoms with E-state index < -0.39 is 5.97 Å². The smallest absolute Gasteiger partial charge is 0.340 e. The average molecular weight is 456 g/mol. The zero-order valence-electron chi connectivity index (χ0n) is 17.9. The lowest BCUT2D eigenvalue weighted by atomic mass is 10.2. The molecule has 0 atom stereocenters. The molecule has 0 bridgehead atoms. The molecule has 3 aromatic rings. The van der Waals surface area contributed by atoms with Gasteiger partial charge in [0.2, 0.25) is 5.91 Å². The topological polar surface area (TPSA) is 103 Å². The molecule has 168 valence electrons. The third-order valence-corrected chi connectivity index (χ3v) is 5.48. The van der Waals surface area contributed by atoms with Gasteiger partial charge in [0.15, 0.2) is 5.16 Å². The number of hydrogen-bond acceptors (Lipinski definition) is 7. The lowest BCUT2D eigenvalue weighted by molar-refractivity contribution is -0.113. The summed E-state index contributed by atoms with van der Waals surface area (Å²) in [6, 6.07) is 14.4. The Morgan fingerprint density at radius 2 is 1.91 bits per heavy atom. The summed E-state index contributed by atoms with van der Waals surface area (Å²) >= 11 is 1.25. The van der Waals surface area contributed by atoms with Crippen molar-refractivity contribution < 1.29 is 24.2 Å². The normalized spacial score (nSPS) is 10.6. The molecule has 2 N–H and O–H groups in total. The van der Waals surface area contributed by atoms with E-state index in [1.54, 1.807) is 44.5 Å². The highest BCUT2D eigenvalue weighted by Gasteiger charge is 2.16. The van der Waals surface area contributed by atoms with Crippen LogP contribution < -0.4 is 10.1 Å². The Labute approximate surface area is 190 Å². The Morgan fingerprint density at radius 3 is 2.59 bits per heavy atom. The van der Waals surface area contributed by atoms with Crippen molar-refractivity contribution in [3.63, 3.8) is 0 Å². The van der Waals surface area contributed by atoms with Crippen molar-refractivity contribution in [2.24, 2.45) is 0 Å². The Hall–Kier alpha value is -3.30. The summed E-state index contributed by atoms with van der Waals surface area (Å²) < 4.78 is 12.1. The monoisotopic (exact) mass is 455 g/mol. The molecule has 0 aliphatic rings. The Morgan fingerprint density at radius 1 is 1.16 bits per heavy atom. The number of ether oxygens (including phenoxy) is 2. The second kappa shape index (κ2) is 11.4. The summed E-state index contributed by atoms with van der Waals surface area (Å²) in [5.74, 6) is 0.0848. The Bertz CT molecular complexity index is 1070. The van der Waals surface area contributed by atoms with Gasteiger partial charge in [0.25, 0.3) is 0 Å². The molecule has 1 amide bonds. The van der Waals surface area contributed by atoms with Crippen molar-refractivity contribution >= 4 is 29.3 Å². The van der Waals surface area contributed by atoms with E-state index in [0.29, 0.717) is 28.6 Å². The Balaban J connectivity index is 1.67. The first-order valence-electron chi connectivity index (χ1n) is 10.0. The first kappa shape index (κ1) is 23.4. The summed E-state index contributed by atoms with van der Waals surface area (Å²) in [4.78, 5) is 29.1. The van der Waals surface area contributed by atoms with Crippen LogP contribution in [0, 0.1) is 0 Å². The fraction of sp³-hybridized carbons (Fsp3) is 0.261. The molecule has 32 heavy (non-hydrogen) atoms. The molecule has 0 aliphatic heterocycles. The SMILES string of the molecule is CCOC(=O)c1ccccc1NC(=O)CSc1nc(CO)cn1Cc1ccc(OC)cc1. The van der Waals surface area contributed by atoms with Gasteiger partial charge >= 0.3 is 5.97 Å². The standard InChI is InChI=1S/C23H25N3O5S/c1-3-31-22(29)19-6-4-5-7-20(19)25-21(28)15-32-23-24-17(14-27)13-26(23)12-16-8-10-18(30-2)11-9-16/h4-11,13,27H,3,12,14-15H2,1-2H3,(H,25,28). The third kappa shape index (κ3) is 6.12. The predicted octanol–water partition coefficient (Wildman–Crippen LogP) is 3.34. The summed E-state index contributed by atoms with van der Waals surface area (Å²) in [7, 11) is 1.61. The van der Waals surface area contributed by atoms with E-state index in [0.717, 1.165) is 11.3 Å². The largest absolute Gasteiger partial charge is 0.497 e. The van der Waals surface area contributed by atoms with E-state index in [2.05, 4.69) is 10.3 Å². The minimum absolute atomic E-state index is 0.0850. The highest BCUT2D eigenvalue weighted by atomic mass is 32.2. The molecule has 0 radical (unpaired) electrons. The number of hydrogen-bond donors (Lipinski definition) is 2. The van der Waals surface area contributed by atoms with E-state index in [1.807, 2.05) is 28.8 Å². The van der Waals surface area contributed by atoms with Gasteiger partial charge in [-0.15, -0.1) is 0 Å². The predicted molar refractivity (Wildman–Crippen MR) is 122 cm³/mol. The third-order valence-electron chi connectivity index (χ3n) is 4.49. The van der Waals surface area contributed by atoms with Crippen LogP contribution in [0.25, 0.3) is 0 Å². The van der Waals surface area contributed by atoms with Gasteiger partial charge in [0.05, 0.1) is 43.0 Å². The second-order valence-electron chi connectivity index (χ2n) is 6.75. The fourth-order valence-electron chi connectivity index (χ4n) is 2.98. The maximum atomic E-state index is 12.6. The number of rotatable bonds is 10. The number of nitrogens with one attached hydrogen (secondary N) is 1. The fourth-order valence-corrected chi connectivity index (χ4v) is 3.78. The van der Waals surface area contributed by atoms with Crippen LogP contribution in [0.1, 0.15) is 28.5 Å². The van der Waals surface area contributed by atoms with Crippen molar-refractivity contribution in [2.75, 3.05) is 24.8 Å². The number of aromatic nitrogens is 2. The van der Waals surface area contributed by atoms with Gasteiger partial charge in [-0.3, -0.25) is 4.79 Å². The van der Waals surface area contributed by atoms with Crippen LogP contribution in [-0.4, -0.2) is 46.0 Å². The lowest BCUT2D eigenvalue weighted by Gasteiger charge is -2.11. The van der Waals surface area contributed by atoms with E-state index in [1.165, 1.54) is 11.8 Å². The Kier molecular flexibility index (Phi) is 8.29. The van der Waals surface area contributed by atoms with Gasteiger partial charge < -0.3 is 24.5 Å². The van der Waals surface area contributed by atoms with E-state index in [4.69, 9.17) is 9.47 Å². The van der Waals surface area contributed by atoms with Crippen LogP contribution in [-0.2, 0) is 22.7 Å². The van der Waals surface area contributed by atoms with Crippen molar-refractivity contribution in [1.29, 1.82) is 0 Å². The number of imidazole rings is 1. The van der Waals surface area contributed by atoms with Crippen LogP contribution in [0.5, 0.6) is 5.75 Å². The molecule has 0 saturated heterocycles. The molecule has 0 fully saturated rings. The number of thioether (sulfide) groups is 1. The number of carbonyl (C=O) groups excluding carboxylic acids is 2. The zero-order chi connectivity index (χ0) is 22.9. The van der Waals surface area contributed by atoms with Crippen LogP contribution in [0.15, 0.2) is 59.9 Å². The zero-order valence-corrected chi connectivity index (χ0v) is 18.7. The number of benzene rings is 2. The van der Waals surface area contributed by atoms with Crippen molar-refractivity contribution in [3.8, 4) is 5.75 Å². The molecule has 0 unspecified atom stereocenters. The van der Waals surface area contributed by atoms with Crippen molar-refractivity contribution in [3.05, 3.63) is 71.5 Å². The summed E-state index contributed by atoms with van der Waals surface area (Å²) in [5, 5.41) is 12.9. The van der Waals surface area contributed by atoms with Gasteiger partial charge in [0, 0.05) is 12.7 Å². The summed E-state index contributed by atoms with van der Waals surface area (Å²) in [5.41, 5.74) is 2.25. The first-order valence-corrected chi connectivity index (χ1v) is 11.0. The molecular weight excluding hydrogens is 430 g/mol. The average Bonchev–Trinajstić information content (AvgIpc) is 3.20. The minimum Gasteiger partial charge on any atom is -0.497 e. The maximum Gasteiger partial charge on any atom is 0.340 e. The number of esters is 1. The van der Waals surface area contributed by atoms with Gasteiger partial charge in [-0.25, -0.2) is 9.78 Å². The van der Waals surface area contributed by atoms with Crippen LogP contribution >= 0.6 is 11.8 Å². The molecule has 8 nitrogen and oxygen atoms in total. The minimum atomic E-state index is -0.487. The molecule has 1 aromatic heterocycles. The molecule has 1 heterocycles.